The first-order chi connectivity index (χ1) is 7.56. The van der Waals surface area contributed by atoms with Crippen LogP contribution in [0.4, 0.5) is 0 Å². The molecule has 3 nitrogen and oxygen atoms in total. The van der Waals surface area contributed by atoms with Gasteiger partial charge >= 0.3 is 5.97 Å². The van der Waals surface area contributed by atoms with Gasteiger partial charge in [-0.3, -0.25) is 4.79 Å². The second-order valence-electron chi connectivity index (χ2n) is 3.83. The van der Waals surface area contributed by atoms with E-state index in [0.717, 1.165) is 21.2 Å². The Morgan fingerprint density at radius 1 is 1.50 bits per heavy atom. The lowest BCUT2D eigenvalue weighted by Gasteiger charge is -2.02. The van der Waals surface area contributed by atoms with Crippen LogP contribution < -0.4 is 0 Å². The summed E-state index contributed by atoms with van der Waals surface area (Å²) in [5.41, 5.74) is 0.787. The maximum Gasteiger partial charge on any atom is 0.304 e. The number of hydrogen-bond donors (Lipinski definition) is 1. The van der Waals surface area contributed by atoms with Gasteiger partial charge in [-0.2, -0.15) is 0 Å². The van der Waals surface area contributed by atoms with Crippen LogP contribution >= 0.6 is 15.9 Å². The average Bonchev–Trinajstić information content (AvgIpc) is 2.59. The van der Waals surface area contributed by atoms with Crippen LogP contribution in [0, 0.1) is 0 Å². The van der Waals surface area contributed by atoms with Crippen molar-refractivity contribution in [1.82, 2.24) is 0 Å². The molecule has 1 atom stereocenters. The summed E-state index contributed by atoms with van der Waals surface area (Å²) in [6.07, 6.45) is 0.0843. The van der Waals surface area contributed by atoms with Crippen LogP contribution in [0.5, 0.6) is 0 Å². The number of hydrogen-bond acceptors (Lipinski definition) is 2. The van der Waals surface area contributed by atoms with Crippen molar-refractivity contribution in [1.29, 1.82) is 0 Å². The van der Waals surface area contributed by atoms with E-state index in [1.165, 1.54) is 0 Å². The summed E-state index contributed by atoms with van der Waals surface area (Å²) in [5, 5.41) is 9.70. The van der Waals surface area contributed by atoms with Crippen LogP contribution in [0.15, 0.2) is 33.2 Å². The van der Waals surface area contributed by atoms with Gasteiger partial charge in [0.05, 0.1) is 6.42 Å². The lowest BCUT2D eigenvalue weighted by molar-refractivity contribution is -0.137. The summed E-state index contributed by atoms with van der Waals surface area (Å²) >= 11 is 3.38. The molecule has 1 heterocycles. The van der Waals surface area contributed by atoms with Crippen LogP contribution in [-0.2, 0) is 4.79 Å². The van der Waals surface area contributed by atoms with Crippen LogP contribution in [-0.4, -0.2) is 11.1 Å². The number of rotatable bonds is 3. The minimum atomic E-state index is -0.811. The van der Waals surface area contributed by atoms with Gasteiger partial charge in [-0.1, -0.05) is 22.9 Å². The quantitative estimate of drug-likeness (QED) is 0.932. The molecule has 1 N–H and O–H groups in total. The topological polar surface area (TPSA) is 50.4 Å². The first-order valence-corrected chi connectivity index (χ1v) is 5.76. The largest absolute Gasteiger partial charge is 0.481 e. The molecule has 16 heavy (non-hydrogen) atoms. The second kappa shape index (κ2) is 4.29. The summed E-state index contributed by atoms with van der Waals surface area (Å²) in [5.74, 6) is -0.201. The SMILES string of the molecule is CC(CC(=O)O)c1cc2cc(Br)ccc2o1. The number of carbonyl (C=O) groups is 1. The van der Waals surface area contributed by atoms with E-state index in [-0.39, 0.29) is 12.3 Å². The molecule has 1 unspecified atom stereocenters. The van der Waals surface area contributed by atoms with E-state index in [1.54, 1.807) is 0 Å². The molecule has 2 aromatic rings. The van der Waals surface area contributed by atoms with E-state index in [4.69, 9.17) is 9.52 Å². The molecule has 0 aliphatic rings. The molecule has 0 aliphatic heterocycles. The number of carboxylic acid groups (broad SMARTS) is 1. The number of furan rings is 1. The predicted molar refractivity (Wildman–Crippen MR) is 64.6 cm³/mol. The zero-order valence-electron chi connectivity index (χ0n) is 8.74. The van der Waals surface area contributed by atoms with Crippen LogP contribution in [0.3, 0.4) is 0 Å². The average molecular weight is 283 g/mol. The van der Waals surface area contributed by atoms with Crippen molar-refractivity contribution in [2.45, 2.75) is 19.3 Å². The maximum absolute atomic E-state index is 10.6. The highest BCUT2D eigenvalue weighted by Gasteiger charge is 2.14. The Kier molecular flexibility index (Phi) is 3.01. The Bertz CT molecular complexity index is 530. The van der Waals surface area contributed by atoms with Gasteiger partial charge < -0.3 is 9.52 Å². The molecule has 0 bridgehead atoms. The van der Waals surface area contributed by atoms with E-state index in [2.05, 4.69) is 15.9 Å². The smallest absolute Gasteiger partial charge is 0.304 e. The fraction of sp³-hybridized carbons (Fsp3) is 0.250. The minimum absolute atomic E-state index is 0.0843. The molecule has 4 heteroatoms. The van der Waals surface area contributed by atoms with Gasteiger partial charge in [-0.25, -0.2) is 0 Å². The highest BCUT2D eigenvalue weighted by molar-refractivity contribution is 9.10. The molecule has 0 saturated heterocycles. The maximum atomic E-state index is 10.6. The zero-order chi connectivity index (χ0) is 11.7. The first kappa shape index (κ1) is 11.2. The standard InChI is InChI=1S/C12H11BrO3/c1-7(4-12(14)15)11-6-8-5-9(13)2-3-10(8)16-11/h2-3,5-7H,4H2,1H3,(H,14,15). The third-order valence-corrected chi connectivity index (χ3v) is 2.96. The van der Waals surface area contributed by atoms with Crippen molar-refractivity contribution in [2.24, 2.45) is 0 Å². The monoisotopic (exact) mass is 282 g/mol. The lowest BCUT2D eigenvalue weighted by atomic mass is 10.1. The number of fused-ring (bicyclic) bond motifs is 1. The molecular formula is C12H11BrO3. The van der Waals surface area contributed by atoms with Crippen molar-refractivity contribution in [3.05, 3.63) is 34.5 Å². The predicted octanol–water partition coefficient (Wildman–Crippen LogP) is 3.77. The Balaban J connectivity index is 2.35. The van der Waals surface area contributed by atoms with Gasteiger partial charge in [-0.05, 0) is 24.3 Å². The Morgan fingerprint density at radius 2 is 2.25 bits per heavy atom. The summed E-state index contributed by atoms with van der Waals surface area (Å²) in [6, 6.07) is 7.62. The van der Waals surface area contributed by atoms with E-state index < -0.39 is 5.97 Å². The lowest BCUT2D eigenvalue weighted by Crippen LogP contribution is -2.01. The number of carboxylic acids is 1. The number of halogens is 1. The van der Waals surface area contributed by atoms with Crippen molar-refractivity contribution in [3.8, 4) is 0 Å². The van der Waals surface area contributed by atoms with Crippen LogP contribution in [0.25, 0.3) is 11.0 Å². The van der Waals surface area contributed by atoms with E-state index in [1.807, 2.05) is 31.2 Å². The normalized spacial score (nSPS) is 12.9. The van der Waals surface area contributed by atoms with Crippen LogP contribution in [0.2, 0.25) is 0 Å². The molecule has 1 aromatic heterocycles. The summed E-state index contributed by atoms with van der Waals surface area (Å²) in [6.45, 7) is 1.85. The third kappa shape index (κ3) is 2.27. The Hall–Kier alpha value is -1.29. The summed E-state index contributed by atoms with van der Waals surface area (Å²) in [7, 11) is 0. The van der Waals surface area contributed by atoms with Gasteiger partial charge in [0.1, 0.15) is 11.3 Å². The van der Waals surface area contributed by atoms with Crippen LogP contribution in [0.1, 0.15) is 25.0 Å². The van der Waals surface area contributed by atoms with Gasteiger partial charge in [0, 0.05) is 15.8 Å². The van der Waals surface area contributed by atoms with E-state index >= 15 is 0 Å². The van der Waals surface area contributed by atoms with E-state index in [0.29, 0.717) is 0 Å². The second-order valence-corrected chi connectivity index (χ2v) is 4.75. The number of benzene rings is 1. The third-order valence-electron chi connectivity index (χ3n) is 2.46. The van der Waals surface area contributed by atoms with Gasteiger partial charge in [0.2, 0.25) is 0 Å². The molecule has 0 saturated carbocycles. The van der Waals surface area contributed by atoms with Gasteiger partial charge in [0.15, 0.2) is 0 Å². The van der Waals surface area contributed by atoms with Crippen molar-refractivity contribution in [2.75, 3.05) is 0 Å². The molecular weight excluding hydrogens is 272 g/mol. The zero-order valence-corrected chi connectivity index (χ0v) is 10.3. The van der Waals surface area contributed by atoms with Gasteiger partial charge in [0.25, 0.3) is 0 Å². The summed E-state index contributed by atoms with van der Waals surface area (Å²) in [4.78, 5) is 10.6. The Labute approximate surface area is 101 Å². The van der Waals surface area contributed by atoms with Gasteiger partial charge in [-0.15, -0.1) is 0 Å². The molecule has 1 aromatic carbocycles. The molecule has 0 amide bonds. The molecule has 0 fully saturated rings. The molecule has 0 radical (unpaired) electrons. The number of aliphatic carboxylic acids is 1. The highest BCUT2D eigenvalue weighted by atomic mass is 79.9. The van der Waals surface area contributed by atoms with Crippen molar-refractivity contribution in [3.63, 3.8) is 0 Å². The molecule has 2 rings (SSSR count). The minimum Gasteiger partial charge on any atom is -0.481 e. The van der Waals surface area contributed by atoms with Crippen molar-refractivity contribution < 1.29 is 14.3 Å². The van der Waals surface area contributed by atoms with Crippen molar-refractivity contribution >= 4 is 32.9 Å². The highest BCUT2D eigenvalue weighted by Crippen LogP contribution is 2.28. The van der Waals surface area contributed by atoms with E-state index in [9.17, 15) is 4.79 Å². The first-order valence-electron chi connectivity index (χ1n) is 4.97. The molecule has 0 spiro atoms. The molecule has 0 aliphatic carbocycles. The molecule has 84 valence electrons. The fourth-order valence-corrected chi connectivity index (χ4v) is 2.02. The summed E-state index contributed by atoms with van der Waals surface area (Å²) < 4.78 is 6.59. The fourth-order valence-electron chi connectivity index (χ4n) is 1.64. The Morgan fingerprint density at radius 3 is 2.94 bits per heavy atom.